The lowest BCUT2D eigenvalue weighted by atomic mass is 10.2. The molecule has 3 rings (SSSR count). The van der Waals surface area contributed by atoms with Crippen LogP contribution in [0.1, 0.15) is 11.1 Å². The summed E-state index contributed by atoms with van der Waals surface area (Å²) < 4.78 is 11.2. The average molecular weight is 448 g/mol. The van der Waals surface area contributed by atoms with E-state index in [1.807, 2.05) is 42.5 Å². The Labute approximate surface area is 170 Å². The Balaban J connectivity index is 1.72. The number of amidine groups is 1. The number of thioether (sulfide) groups is 1. The molecule has 0 aromatic heterocycles. The summed E-state index contributed by atoms with van der Waals surface area (Å²) in [5, 5.41) is 8.95. The van der Waals surface area contributed by atoms with Gasteiger partial charge in [-0.2, -0.15) is 5.10 Å². The van der Waals surface area contributed by atoms with Gasteiger partial charge in [0.1, 0.15) is 11.5 Å². The second-order valence-electron chi connectivity index (χ2n) is 5.64. The molecule has 8 heteroatoms. The monoisotopic (exact) mass is 447 g/mol. The van der Waals surface area contributed by atoms with E-state index in [-0.39, 0.29) is 5.91 Å². The molecule has 0 bridgehead atoms. The normalized spacial score (nSPS) is 15.7. The van der Waals surface area contributed by atoms with Crippen molar-refractivity contribution < 1.29 is 14.3 Å². The Morgan fingerprint density at radius 3 is 2.63 bits per heavy atom. The summed E-state index contributed by atoms with van der Waals surface area (Å²) in [5.74, 6) is 1.92. The van der Waals surface area contributed by atoms with Crippen molar-refractivity contribution in [3.8, 4) is 11.5 Å². The van der Waals surface area contributed by atoms with Crippen molar-refractivity contribution in [1.29, 1.82) is 0 Å². The van der Waals surface area contributed by atoms with Crippen molar-refractivity contribution in [2.24, 2.45) is 10.2 Å². The van der Waals surface area contributed by atoms with Crippen LogP contribution >= 0.6 is 27.7 Å². The minimum Gasteiger partial charge on any atom is -0.497 e. The largest absolute Gasteiger partial charge is 0.497 e. The van der Waals surface area contributed by atoms with Crippen molar-refractivity contribution in [3.63, 3.8) is 0 Å². The van der Waals surface area contributed by atoms with Crippen LogP contribution < -0.4 is 9.47 Å². The maximum atomic E-state index is 12.2. The van der Waals surface area contributed by atoms with Gasteiger partial charge in [-0.1, -0.05) is 17.8 Å². The maximum Gasteiger partial charge on any atom is 0.239 e. The summed E-state index contributed by atoms with van der Waals surface area (Å²) in [7, 11) is 3.24. The smallest absolute Gasteiger partial charge is 0.239 e. The third kappa shape index (κ3) is 4.90. The van der Waals surface area contributed by atoms with Crippen LogP contribution in [-0.4, -0.2) is 42.2 Å². The number of carbonyl (C=O) groups is 1. The molecule has 1 aliphatic heterocycles. The molecule has 0 atom stereocenters. The van der Waals surface area contributed by atoms with Crippen LogP contribution in [0.25, 0.3) is 0 Å². The zero-order valence-electron chi connectivity index (χ0n) is 14.9. The zero-order valence-corrected chi connectivity index (χ0v) is 17.3. The molecule has 1 heterocycles. The third-order valence-corrected chi connectivity index (χ3v) is 5.45. The molecule has 1 saturated heterocycles. The van der Waals surface area contributed by atoms with Crippen LogP contribution in [0.2, 0.25) is 0 Å². The van der Waals surface area contributed by atoms with Crippen molar-refractivity contribution in [2.75, 3.05) is 20.0 Å². The number of nitrogens with zero attached hydrogens (tertiary/aromatic N) is 3. The first kappa shape index (κ1) is 19.4. The number of methoxy groups -OCH3 is 2. The number of ether oxygens (including phenoxy) is 2. The number of carbonyl (C=O) groups excluding carboxylic acids is 1. The number of hydrogen-bond acceptors (Lipinski definition) is 6. The molecule has 1 aliphatic rings. The molecule has 1 fully saturated rings. The van der Waals surface area contributed by atoms with Gasteiger partial charge in [0, 0.05) is 0 Å². The predicted molar refractivity (Wildman–Crippen MR) is 112 cm³/mol. The van der Waals surface area contributed by atoms with Gasteiger partial charge in [-0.3, -0.25) is 9.69 Å². The van der Waals surface area contributed by atoms with Crippen LogP contribution in [0.4, 0.5) is 0 Å². The molecule has 0 aliphatic carbocycles. The van der Waals surface area contributed by atoms with Crippen LogP contribution in [0.15, 0.2) is 57.1 Å². The van der Waals surface area contributed by atoms with Crippen molar-refractivity contribution in [2.45, 2.75) is 6.54 Å². The fourth-order valence-corrected chi connectivity index (χ4v) is 3.88. The SMILES string of the molecule is COc1ccc(/C=N/N=C2/SCC(=O)N2Cc2ccc(OC)c(Br)c2)cc1. The topological polar surface area (TPSA) is 63.5 Å². The number of amides is 1. The lowest BCUT2D eigenvalue weighted by Gasteiger charge is -2.16. The van der Waals surface area contributed by atoms with E-state index in [1.54, 1.807) is 25.3 Å². The maximum absolute atomic E-state index is 12.2. The summed E-state index contributed by atoms with van der Waals surface area (Å²) >= 11 is 4.86. The first-order valence-electron chi connectivity index (χ1n) is 8.11. The van der Waals surface area contributed by atoms with E-state index in [0.717, 1.165) is 27.1 Å². The molecule has 0 unspecified atom stereocenters. The van der Waals surface area contributed by atoms with Crippen molar-refractivity contribution in [3.05, 3.63) is 58.1 Å². The minimum atomic E-state index is 0.0188. The molecule has 1 amide bonds. The zero-order chi connectivity index (χ0) is 19.2. The van der Waals surface area contributed by atoms with E-state index in [0.29, 0.717) is 17.5 Å². The lowest BCUT2D eigenvalue weighted by Crippen LogP contribution is -2.28. The molecule has 140 valence electrons. The Morgan fingerprint density at radius 2 is 1.96 bits per heavy atom. The van der Waals surface area contributed by atoms with E-state index in [9.17, 15) is 4.79 Å². The van der Waals surface area contributed by atoms with Gasteiger partial charge >= 0.3 is 0 Å². The molecule has 2 aromatic carbocycles. The highest BCUT2D eigenvalue weighted by Crippen LogP contribution is 2.28. The molecule has 0 N–H and O–H groups in total. The molecule has 27 heavy (non-hydrogen) atoms. The third-order valence-electron chi connectivity index (χ3n) is 3.88. The lowest BCUT2D eigenvalue weighted by molar-refractivity contribution is -0.124. The highest BCUT2D eigenvalue weighted by Gasteiger charge is 2.28. The van der Waals surface area contributed by atoms with Crippen LogP contribution in [0.5, 0.6) is 11.5 Å². The van der Waals surface area contributed by atoms with Crippen molar-refractivity contribution in [1.82, 2.24) is 4.90 Å². The van der Waals surface area contributed by atoms with Gasteiger partial charge in [0.05, 0.1) is 37.2 Å². The van der Waals surface area contributed by atoms with Gasteiger partial charge in [0.15, 0.2) is 5.17 Å². The van der Waals surface area contributed by atoms with E-state index in [4.69, 9.17) is 9.47 Å². The van der Waals surface area contributed by atoms with Gasteiger partial charge in [0.2, 0.25) is 5.91 Å². The summed E-state index contributed by atoms with van der Waals surface area (Å²) in [6.45, 7) is 0.436. The number of benzene rings is 2. The summed E-state index contributed by atoms with van der Waals surface area (Å²) in [6.07, 6.45) is 1.65. The van der Waals surface area contributed by atoms with Gasteiger partial charge in [-0.15, -0.1) is 5.10 Å². The van der Waals surface area contributed by atoms with Gasteiger partial charge in [0.25, 0.3) is 0 Å². The Bertz CT molecular complexity index is 884. The molecule has 0 spiro atoms. The van der Waals surface area contributed by atoms with E-state index < -0.39 is 0 Å². The van der Waals surface area contributed by atoms with E-state index in [2.05, 4.69) is 26.1 Å². The van der Waals surface area contributed by atoms with Crippen LogP contribution in [0, 0.1) is 0 Å². The number of halogens is 1. The Kier molecular flexibility index (Phi) is 6.52. The number of hydrogen-bond donors (Lipinski definition) is 0. The fraction of sp³-hybridized carbons (Fsp3) is 0.211. The quantitative estimate of drug-likeness (QED) is 0.496. The van der Waals surface area contributed by atoms with Gasteiger partial charge < -0.3 is 9.47 Å². The predicted octanol–water partition coefficient (Wildman–Crippen LogP) is 3.93. The molecule has 0 saturated carbocycles. The number of rotatable bonds is 6. The Hall–Kier alpha value is -2.32. The highest BCUT2D eigenvalue weighted by molar-refractivity contribution is 9.10. The Morgan fingerprint density at radius 1 is 1.19 bits per heavy atom. The van der Waals surface area contributed by atoms with E-state index >= 15 is 0 Å². The fourth-order valence-electron chi connectivity index (χ4n) is 2.45. The minimum absolute atomic E-state index is 0.0188. The van der Waals surface area contributed by atoms with E-state index in [1.165, 1.54) is 11.8 Å². The first-order chi connectivity index (χ1) is 13.1. The average Bonchev–Trinajstić information content (AvgIpc) is 3.02. The standard InChI is InChI=1S/C19H18BrN3O3S/c1-25-15-6-3-13(4-7-15)10-21-22-19-23(18(24)12-27-19)11-14-5-8-17(26-2)16(20)9-14/h3-10H,11-12H2,1-2H3/b21-10+,22-19+. The molecular formula is C19H18BrN3O3S. The van der Waals surface area contributed by atoms with Crippen LogP contribution in [-0.2, 0) is 11.3 Å². The van der Waals surface area contributed by atoms with Crippen LogP contribution in [0.3, 0.4) is 0 Å². The molecule has 0 radical (unpaired) electrons. The second kappa shape index (κ2) is 9.05. The van der Waals surface area contributed by atoms with Gasteiger partial charge in [-0.25, -0.2) is 0 Å². The summed E-state index contributed by atoms with van der Waals surface area (Å²) in [5.41, 5.74) is 1.88. The molecule has 6 nitrogen and oxygen atoms in total. The second-order valence-corrected chi connectivity index (χ2v) is 7.43. The summed E-state index contributed by atoms with van der Waals surface area (Å²) in [6, 6.07) is 13.2. The molecular weight excluding hydrogens is 430 g/mol. The van der Waals surface area contributed by atoms with Crippen molar-refractivity contribution >= 4 is 45.0 Å². The van der Waals surface area contributed by atoms with Gasteiger partial charge in [-0.05, 0) is 63.5 Å². The highest BCUT2D eigenvalue weighted by atomic mass is 79.9. The summed E-state index contributed by atoms with van der Waals surface area (Å²) in [4.78, 5) is 13.9. The first-order valence-corrected chi connectivity index (χ1v) is 9.89. The molecule has 2 aromatic rings.